The molecule has 0 aliphatic carbocycles. The first-order valence-electron chi connectivity index (χ1n) is 6.26. The van der Waals surface area contributed by atoms with E-state index >= 15 is 0 Å². The summed E-state index contributed by atoms with van der Waals surface area (Å²) < 4.78 is 9.51. The molecule has 0 aromatic heterocycles. The van der Waals surface area contributed by atoms with Crippen molar-refractivity contribution in [2.75, 3.05) is 25.1 Å². The van der Waals surface area contributed by atoms with Crippen LogP contribution in [-0.2, 0) is 4.74 Å². The number of benzene rings is 1. The Labute approximate surface area is 116 Å². The fourth-order valence-electron chi connectivity index (χ4n) is 1.31. The van der Waals surface area contributed by atoms with Gasteiger partial charge in [-0.05, 0) is 37.6 Å². The molecule has 3 N–H and O–H groups in total. The van der Waals surface area contributed by atoms with Crippen LogP contribution in [0, 0.1) is 0 Å². The zero-order chi connectivity index (χ0) is 14.8. The number of urea groups is 1. The van der Waals surface area contributed by atoms with Gasteiger partial charge in [-0.2, -0.15) is 0 Å². The molecular formula is C13H18N2O5. The normalized spacial score (nSPS) is 9.70. The number of carbonyl (C=O) groups excluding carboxylic acids is 2. The highest BCUT2D eigenvalue weighted by atomic mass is 16.7. The molecule has 7 heteroatoms. The van der Waals surface area contributed by atoms with E-state index in [1.54, 1.807) is 31.2 Å². The molecule has 0 unspecified atom stereocenters. The first kappa shape index (κ1) is 15.8. The third-order valence-electron chi connectivity index (χ3n) is 2.20. The predicted molar refractivity (Wildman–Crippen MR) is 72.8 cm³/mol. The molecule has 110 valence electrons. The van der Waals surface area contributed by atoms with Crippen LogP contribution in [0.25, 0.3) is 0 Å². The molecule has 0 spiro atoms. The lowest BCUT2D eigenvalue weighted by atomic mass is 10.3. The zero-order valence-electron chi connectivity index (χ0n) is 11.2. The Bertz CT molecular complexity index is 433. The van der Waals surface area contributed by atoms with Crippen LogP contribution >= 0.6 is 0 Å². The van der Waals surface area contributed by atoms with Gasteiger partial charge in [0.25, 0.3) is 0 Å². The predicted octanol–water partition coefficient (Wildman–Crippen LogP) is 1.73. The molecule has 0 aliphatic rings. The Hall–Kier alpha value is -2.28. The van der Waals surface area contributed by atoms with Crippen molar-refractivity contribution in [1.82, 2.24) is 5.32 Å². The molecule has 0 fully saturated rings. The van der Waals surface area contributed by atoms with Crippen molar-refractivity contribution in [2.24, 2.45) is 0 Å². The first-order chi connectivity index (χ1) is 9.65. The van der Waals surface area contributed by atoms with Gasteiger partial charge in [-0.15, -0.1) is 0 Å². The quantitative estimate of drug-likeness (QED) is 0.419. The smallest absolute Gasteiger partial charge is 0.434 e. The molecule has 0 atom stereocenters. The summed E-state index contributed by atoms with van der Waals surface area (Å²) >= 11 is 0. The van der Waals surface area contributed by atoms with Crippen LogP contribution in [0.1, 0.15) is 13.3 Å². The highest BCUT2D eigenvalue weighted by molar-refractivity contribution is 5.89. The van der Waals surface area contributed by atoms with Crippen LogP contribution in [0.2, 0.25) is 0 Å². The third kappa shape index (κ3) is 6.05. The fraction of sp³-hybridized carbons (Fsp3) is 0.385. The van der Waals surface area contributed by atoms with Gasteiger partial charge in [-0.25, -0.2) is 9.59 Å². The van der Waals surface area contributed by atoms with Crippen molar-refractivity contribution in [3.63, 3.8) is 0 Å². The number of aliphatic hydroxyl groups is 1. The van der Waals surface area contributed by atoms with E-state index in [2.05, 4.69) is 15.4 Å². The lowest BCUT2D eigenvalue weighted by Crippen LogP contribution is -2.29. The Kier molecular flexibility index (Phi) is 6.91. The number of aliphatic hydroxyl groups excluding tert-OH is 1. The molecular weight excluding hydrogens is 264 g/mol. The Morgan fingerprint density at radius 1 is 1.25 bits per heavy atom. The van der Waals surface area contributed by atoms with Gasteiger partial charge in [0.2, 0.25) is 0 Å². The number of hydrogen-bond donors (Lipinski definition) is 3. The maximum atomic E-state index is 11.4. The summed E-state index contributed by atoms with van der Waals surface area (Å²) in [6.45, 7) is 2.35. The van der Waals surface area contributed by atoms with Gasteiger partial charge in [0.1, 0.15) is 5.75 Å². The molecule has 20 heavy (non-hydrogen) atoms. The maximum absolute atomic E-state index is 11.4. The molecule has 0 heterocycles. The van der Waals surface area contributed by atoms with Gasteiger partial charge in [0, 0.05) is 18.8 Å². The highest BCUT2D eigenvalue weighted by Crippen LogP contribution is 2.16. The number of hydrogen-bond acceptors (Lipinski definition) is 5. The number of ether oxygens (including phenoxy) is 2. The van der Waals surface area contributed by atoms with E-state index in [1.165, 1.54) is 0 Å². The van der Waals surface area contributed by atoms with E-state index in [9.17, 15) is 9.59 Å². The third-order valence-corrected chi connectivity index (χ3v) is 2.20. The van der Waals surface area contributed by atoms with Crippen LogP contribution in [0.3, 0.4) is 0 Å². The van der Waals surface area contributed by atoms with Crippen LogP contribution in [-0.4, -0.2) is 37.1 Å². The van der Waals surface area contributed by atoms with Gasteiger partial charge in [0.05, 0.1) is 6.61 Å². The number of nitrogens with one attached hydrogen (secondary N) is 2. The summed E-state index contributed by atoms with van der Waals surface area (Å²) in [6, 6.07) is 5.92. The van der Waals surface area contributed by atoms with Crippen molar-refractivity contribution in [1.29, 1.82) is 0 Å². The summed E-state index contributed by atoms with van der Waals surface area (Å²) in [5, 5.41) is 13.8. The monoisotopic (exact) mass is 282 g/mol. The topological polar surface area (TPSA) is 96.9 Å². The Morgan fingerprint density at radius 3 is 2.55 bits per heavy atom. The minimum atomic E-state index is -0.769. The molecule has 1 rings (SSSR count). The molecule has 7 nitrogen and oxygen atoms in total. The summed E-state index contributed by atoms with van der Waals surface area (Å²) in [6.07, 6.45) is -0.269. The van der Waals surface area contributed by atoms with Gasteiger partial charge < -0.3 is 25.2 Å². The lowest BCUT2D eigenvalue weighted by molar-refractivity contribution is 0.104. The molecule has 0 bridgehead atoms. The molecule has 0 radical (unpaired) electrons. The summed E-state index contributed by atoms with van der Waals surface area (Å²) in [7, 11) is 0. The second-order valence-electron chi connectivity index (χ2n) is 3.77. The van der Waals surface area contributed by atoms with Crippen LogP contribution < -0.4 is 15.4 Å². The van der Waals surface area contributed by atoms with E-state index in [0.29, 0.717) is 24.4 Å². The number of amides is 2. The van der Waals surface area contributed by atoms with E-state index in [1.807, 2.05) is 0 Å². The van der Waals surface area contributed by atoms with E-state index in [0.717, 1.165) is 0 Å². The number of anilines is 1. The Morgan fingerprint density at radius 2 is 1.95 bits per heavy atom. The minimum Gasteiger partial charge on any atom is -0.434 e. The lowest BCUT2D eigenvalue weighted by Gasteiger charge is -2.08. The van der Waals surface area contributed by atoms with Gasteiger partial charge in [-0.1, -0.05) is 0 Å². The van der Waals surface area contributed by atoms with Gasteiger partial charge in [0.15, 0.2) is 0 Å². The SMILES string of the molecule is CCOC(=O)Oc1ccc(NC(=O)NCCCO)cc1. The van der Waals surface area contributed by atoms with Gasteiger partial charge in [-0.3, -0.25) is 0 Å². The summed E-state index contributed by atoms with van der Waals surface area (Å²) in [5.41, 5.74) is 0.558. The molecule has 1 aromatic rings. The standard InChI is InChI=1S/C13H18N2O5/c1-2-19-13(18)20-11-6-4-10(5-7-11)15-12(17)14-8-3-9-16/h4-7,16H,2-3,8-9H2,1H3,(H2,14,15,17). The number of rotatable bonds is 6. The molecule has 0 aliphatic heterocycles. The van der Waals surface area contributed by atoms with E-state index in [-0.39, 0.29) is 19.2 Å². The van der Waals surface area contributed by atoms with Crippen molar-refractivity contribution < 1.29 is 24.2 Å². The molecule has 0 saturated heterocycles. The van der Waals surface area contributed by atoms with Gasteiger partial charge >= 0.3 is 12.2 Å². The second-order valence-corrected chi connectivity index (χ2v) is 3.77. The summed E-state index contributed by atoms with van der Waals surface area (Å²) in [5.74, 6) is 0.328. The average molecular weight is 282 g/mol. The van der Waals surface area contributed by atoms with Crippen molar-refractivity contribution >= 4 is 17.9 Å². The average Bonchev–Trinajstić information content (AvgIpc) is 2.41. The van der Waals surface area contributed by atoms with Crippen molar-refractivity contribution in [3.8, 4) is 5.75 Å². The van der Waals surface area contributed by atoms with E-state index < -0.39 is 6.16 Å². The fourth-order valence-corrected chi connectivity index (χ4v) is 1.31. The number of carbonyl (C=O) groups is 2. The minimum absolute atomic E-state index is 0.0280. The molecule has 0 saturated carbocycles. The first-order valence-corrected chi connectivity index (χ1v) is 6.26. The van der Waals surface area contributed by atoms with Crippen LogP contribution in [0.5, 0.6) is 5.75 Å². The Balaban J connectivity index is 2.42. The highest BCUT2D eigenvalue weighted by Gasteiger charge is 2.05. The van der Waals surface area contributed by atoms with Crippen molar-refractivity contribution in [2.45, 2.75) is 13.3 Å². The van der Waals surface area contributed by atoms with Crippen LogP contribution in [0.15, 0.2) is 24.3 Å². The van der Waals surface area contributed by atoms with E-state index in [4.69, 9.17) is 9.84 Å². The molecule has 2 amide bonds. The molecule has 1 aromatic carbocycles. The maximum Gasteiger partial charge on any atom is 0.513 e. The second kappa shape index (κ2) is 8.76. The van der Waals surface area contributed by atoms with Crippen LogP contribution in [0.4, 0.5) is 15.3 Å². The largest absolute Gasteiger partial charge is 0.513 e. The van der Waals surface area contributed by atoms with Crippen molar-refractivity contribution in [3.05, 3.63) is 24.3 Å². The summed E-state index contributed by atoms with van der Waals surface area (Å²) in [4.78, 5) is 22.5. The zero-order valence-corrected chi connectivity index (χ0v) is 11.2.